The Morgan fingerprint density at radius 3 is 2.53 bits per heavy atom. The molecule has 0 spiro atoms. The van der Waals surface area contributed by atoms with Gasteiger partial charge in [0.05, 0.1) is 13.2 Å². The van der Waals surface area contributed by atoms with Crippen LogP contribution in [0.5, 0.6) is 0 Å². The monoisotopic (exact) mass is 242 g/mol. The quantitative estimate of drug-likeness (QED) is 0.424. The minimum absolute atomic E-state index is 0.454. The maximum absolute atomic E-state index is 5.21. The van der Waals surface area contributed by atoms with E-state index in [1.807, 2.05) is 0 Å². The van der Waals surface area contributed by atoms with Gasteiger partial charge in [-0.15, -0.1) is 6.42 Å². The van der Waals surface area contributed by atoms with Crippen LogP contribution < -0.4 is 5.32 Å². The largest absolute Gasteiger partial charge is 0.385 e. The van der Waals surface area contributed by atoms with Gasteiger partial charge in [-0.3, -0.25) is 4.90 Å². The molecule has 17 heavy (non-hydrogen) atoms. The molecule has 0 saturated heterocycles. The van der Waals surface area contributed by atoms with Crippen molar-refractivity contribution >= 4 is 0 Å². The third kappa shape index (κ3) is 9.13. The van der Waals surface area contributed by atoms with Gasteiger partial charge < -0.3 is 14.8 Å². The van der Waals surface area contributed by atoms with E-state index in [2.05, 4.69) is 23.1 Å². The number of nitrogens with zero attached hydrogens (tertiary/aromatic N) is 1. The zero-order chi connectivity index (χ0) is 12.9. The van der Waals surface area contributed by atoms with E-state index in [9.17, 15) is 0 Å². The fraction of sp³-hybridized carbons (Fsp3) is 0.846. The molecular formula is C13H26N2O2. The molecule has 4 heteroatoms. The van der Waals surface area contributed by atoms with Crippen molar-refractivity contribution in [2.75, 3.05) is 53.6 Å². The van der Waals surface area contributed by atoms with Crippen LogP contribution in [0.1, 0.15) is 13.3 Å². The Hall–Kier alpha value is -0.600. The lowest BCUT2D eigenvalue weighted by atomic mass is 10.2. The standard InChI is InChI=1S/C13H26N2O2/c1-5-7-14-12-13(2)15(9-11-17-4)8-6-10-16-3/h1,13-14H,6-12H2,2-4H3. The van der Waals surface area contributed by atoms with E-state index in [4.69, 9.17) is 15.9 Å². The second-order valence-electron chi connectivity index (χ2n) is 4.06. The summed E-state index contributed by atoms with van der Waals surface area (Å²) in [4.78, 5) is 2.39. The molecule has 0 aromatic carbocycles. The predicted octanol–water partition coefficient (Wildman–Crippen LogP) is 0.583. The van der Waals surface area contributed by atoms with Crippen molar-refractivity contribution in [2.24, 2.45) is 0 Å². The molecule has 0 bridgehead atoms. The molecule has 1 unspecified atom stereocenters. The second kappa shape index (κ2) is 11.9. The fourth-order valence-electron chi connectivity index (χ4n) is 1.66. The number of rotatable bonds is 11. The molecule has 0 aliphatic carbocycles. The molecule has 100 valence electrons. The third-order valence-corrected chi connectivity index (χ3v) is 2.67. The van der Waals surface area contributed by atoms with Crippen molar-refractivity contribution in [3.63, 3.8) is 0 Å². The Morgan fingerprint density at radius 1 is 1.24 bits per heavy atom. The molecule has 0 rings (SSSR count). The molecule has 4 nitrogen and oxygen atoms in total. The minimum Gasteiger partial charge on any atom is -0.385 e. The lowest BCUT2D eigenvalue weighted by molar-refractivity contribution is 0.111. The van der Waals surface area contributed by atoms with Crippen LogP contribution >= 0.6 is 0 Å². The molecular weight excluding hydrogens is 216 g/mol. The van der Waals surface area contributed by atoms with E-state index in [-0.39, 0.29) is 0 Å². The molecule has 1 N–H and O–H groups in total. The van der Waals surface area contributed by atoms with Gasteiger partial charge in [0, 0.05) is 46.5 Å². The second-order valence-corrected chi connectivity index (χ2v) is 4.06. The van der Waals surface area contributed by atoms with E-state index >= 15 is 0 Å². The Bertz CT molecular complexity index is 204. The van der Waals surface area contributed by atoms with Crippen LogP contribution in [-0.2, 0) is 9.47 Å². The summed E-state index contributed by atoms with van der Waals surface area (Å²) in [5.74, 6) is 2.58. The highest BCUT2D eigenvalue weighted by atomic mass is 16.5. The number of ether oxygens (including phenoxy) is 2. The molecule has 0 aromatic heterocycles. The van der Waals surface area contributed by atoms with Crippen molar-refractivity contribution in [2.45, 2.75) is 19.4 Å². The van der Waals surface area contributed by atoms with E-state index in [0.717, 1.165) is 39.3 Å². The van der Waals surface area contributed by atoms with Crippen molar-refractivity contribution in [3.8, 4) is 12.3 Å². The number of hydrogen-bond donors (Lipinski definition) is 1. The van der Waals surface area contributed by atoms with E-state index < -0.39 is 0 Å². The molecule has 0 aliphatic rings. The Kier molecular flexibility index (Phi) is 11.5. The Labute approximate surface area is 106 Å². The predicted molar refractivity (Wildman–Crippen MR) is 71.1 cm³/mol. The van der Waals surface area contributed by atoms with Crippen LogP contribution in [-0.4, -0.2) is 64.6 Å². The van der Waals surface area contributed by atoms with Crippen LogP contribution in [0, 0.1) is 12.3 Å². The van der Waals surface area contributed by atoms with Crippen molar-refractivity contribution < 1.29 is 9.47 Å². The highest BCUT2D eigenvalue weighted by Crippen LogP contribution is 2.00. The van der Waals surface area contributed by atoms with Crippen LogP contribution in [0.4, 0.5) is 0 Å². The number of hydrogen-bond acceptors (Lipinski definition) is 4. The molecule has 0 amide bonds. The molecule has 0 saturated carbocycles. The Morgan fingerprint density at radius 2 is 1.94 bits per heavy atom. The lowest BCUT2D eigenvalue weighted by Gasteiger charge is -2.28. The van der Waals surface area contributed by atoms with Gasteiger partial charge in [0.25, 0.3) is 0 Å². The first-order chi connectivity index (χ1) is 8.26. The summed E-state index contributed by atoms with van der Waals surface area (Å²) < 4.78 is 10.2. The lowest BCUT2D eigenvalue weighted by Crippen LogP contribution is -2.42. The zero-order valence-corrected chi connectivity index (χ0v) is 11.4. The van der Waals surface area contributed by atoms with Gasteiger partial charge in [-0.05, 0) is 13.3 Å². The molecule has 0 aliphatic heterocycles. The van der Waals surface area contributed by atoms with E-state index in [1.54, 1.807) is 14.2 Å². The van der Waals surface area contributed by atoms with E-state index in [1.165, 1.54) is 0 Å². The summed E-state index contributed by atoms with van der Waals surface area (Å²) in [5, 5.41) is 3.23. The number of nitrogens with one attached hydrogen (secondary N) is 1. The molecule has 0 fully saturated rings. The summed E-state index contributed by atoms with van der Waals surface area (Å²) >= 11 is 0. The first-order valence-corrected chi connectivity index (χ1v) is 6.12. The molecule has 1 atom stereocenters. The van der Waals surface area contributed by atoms with Crippen molar-refractivity contribution in [1.29, 1.82) is 0 Å². The minimum atomic E-state index is 0.454. The highest BCUT2D eigenvalue weighted by molar-refractivity contribution is 4.87. The molecule has 0 heterocycles. The third-order valence-electron chi connectivity index (χ3n) is 2.67. The number of methoxy groups -OCH3 is 2. The summed E-state index contributed by atoms with van der Waals surface area (Å²) in [6.45, 7) is 7.25. The van der Waals surface area contributed by atoms with Crippen LogP contribution in [0.3, 0.4) is 0 Å². The summed E-state index contributed by atoms with van der Waals surface area (Å²) in [6.07, 6.45) is 6.25. The van der Waals surface area contributed by atoms with Gasteiger partial charge in [-0.25, -0.2) is 0 Å². The smallest absolute Gasteiger partial charge is 0.0589 e. The molecule has 0 aromatic rings. The maximum atomic E-state index is 5.21. The van der Waals surface area contributed by atoms with Crippen molar-refractivity contribution in [1.82, 2.24) is 10.2 Å². The highest BCUT2D eigenvalue weighted by Gasteiger charge is 2.12. The topological polar surface area (TPSA) is 33.7 Å². The average molecular weight is 242 g/mol. The first-order valence-electron chi connectivity index (χ1n) is 6.12. The van der Waals surface area contributed by atoms with Crippen LogP contribution in [0.25, 0.3) is 0 Å². The number of terminal acetylenes is 1. The first kappa shape index (κ1) is 16.4. The van der Waals surface area contributed by atoms with Gasteiger partial charge in [0.2, 0.25) is 0 Å². The van der Waals surface area contributed by atoms with E-state index in [0.29, 0.717) is 12.6 Å². The fourth-order valence-corrected chi connectivity index (χ4v) is 1.66. The van der Waals surface area contributed by atoms with Gasteiger partial charge in [0.15, 0.2) is 0 Å². The van der Waals surface area contributed by atoms with Gasteiger partial charge >= 0.3 is 0 Å². The SMILES string of the molecule is C#CCNCC(C)N(CCCOC)CCOC. The van der Waals surface area contributed by atoms with Gasteiger partial charge in [0.1, 0.15) is 0 Å². The summed E-state index contributed by atoms with van der Waals surface area (Å²) in [7, 11) is 3.46. The van der Waals surface area contributed by atoms with Gasteiger partial charge in [-0.1, -0.05) is 5.92 Å². The zero-order valence-electron chi connectivity index (χ0n) is 11.4. The molecule has 0 radical (unpaired) electrons. The maximum Gasteiger partial charge on any atom is 0.0589 e. The van der Waals surface area contributed by atoms with Crippen molar-refractivity contribution in [3.05, 3.63) is 0 Å². The summed E-state index contributed by atoms with van der Waals surface area (Å²) in [5.41, 5.74) is 0. The van der Waals surface area contributed by atoms with Crippen LogP contribution in [0.2, 0.25) is 0 Å². The summed E-state index contributed by atoms with van der Waals surface area (Å²) in [6, 6.07) is 0.454. The van der Waals surface area contributed by atoms with Gasteiger partial charge in [-0.2, -0.15) is 0 Å². The normalized spacial score (nSPS) is 12.6. The van der Waals surface area contributed by atoms with Crippen LogP contribution in [0.15, 0.2) is 0 Å². The average Bonchev–Trinajstić information content (AvgIpc) is 2.33. The Balaban J connectivity index is 3.91.